The highest BCUT2D eigenvalue weighted by Crippen LogP contribution is 2.21. The third kappa shape index (κ3) is 19.7. The summed E-state index contributed by atoms with van der Waals surface area (Å²) in [5.74, 6) is -5.12. The van der Waals surface area contributed by atoms with Crippen LogP contribution in [0.3, 0.4) is 0 Å². The Kier molecular flexibility index (Phi) is 21.7. The van der Waals surface area contributed by atoms with E-state index in [0.717, 1.165) is 26.0 Å². The molecule has 21 nitrogen and oxygen atoms in total. The Morgan fingerprint density at radius 2 is 1.42 bits per heavy atom. The van der Waals surface area contributed by atoms with E-state index in [-0.39, 0.29) is 62.7 Å². The molecule has 0 radical (unpaired) electrons. The molecule has 0 bridgehead atoms. The van der Waals surface area contributed by atoms with Crippen molar-refractivity contribution in [2.45, 2.75) is 117 Å². The van der Waals surface area contributed by atoms with E-state index in [1.165, 1.54) is 0 Å². The lowest BCUT2D eigenvalue weighted by atomic mass is 9.90. The van der Waals surface area contributed by atoms with Gasteiger partial charge in [-0.1, -0.05) is 46.8 Å². The Bertz CT molecular complexity index is 1710. The minimum Gasteiger partial charge on any atom is -0.449 e. The highest BCUT2D eigenvalue weighted by molar-refractivity contribution is 7.86. The van der Waals surface area contributed by atoms with Gasteiger partial charge in [0.25, 0.3) is 10.1 Å². The van der Waals surface area contributed by atoms with Crippen LogP contribution in [0.15, 0.2) is 6.20 Å². The van der Waals surface area contributed by atoms with Crippen molar-refractivity contribution in [2.24, 2.45) is 11.8 Å². The maximum Gasteiger partial charge on any atom is 0.307 e. The van der Waals surface area contributed by atoms with E-state index in [1.807, 2.05) is 32.6 Å². The summed E-state index contributed by atoms with van der Waals surface area (Å²) in [7, 11) is -4.14. The summed E-state index contributed by atoms with van der Waals surface area (Å²) in [5.41, 5.74) is -1.71. The molecule has 1 aromatic rings. The molecule has 5 amide bonds. The number of ether oxygens (including phenoxy) is 2. The molecule has 22 heteroatoms. The Hall–Kier alpha value is -4.54. The normalized spacial score (nSPS) is 15.4. The number of Topliss-reactive ketones (excluding diaryl/α,β-unsaturated/α-hetero) is 1. The molecular formula is C38H65N9O12S. The molecule has 1 aliphatic rings. The van der Waals surface area contributed by atoms with E-state index in [4.69, 9.17) is 13.7 Å². The van der Waals surface area contributed by atoms with Crippen molar-refractivity contribution in [1.29, 1.82) is 0 Å². The number of amides is 5. The van der Waals surface area contributed by atoms with E-state index in [9.17, 15) is 42.0 Å². The van der Waals surface area contributed by atoms with Crippen molar-refractivity contribution in [3.63, 3.8) is 0 Å². The summed E-state index contributed by atoms with van der Waals surface area (Å²) < 4.78 is 41.3. The van der Waals surface area contributed by atoms with E-state index in [2.05, 4.69) is 36.9 Å². The number of aromatic nitrogens is 3. The zero-order valence-electron chi connectivity index (χ0n) is 36.2. The minimum atomic E-state index is -4.14. The number of morpholine rings is 1. The monoisotopic (exact) mass is 871 g/mol. The van der Waals surface area contributed by atoms with Crippen LogP contribution in [0.4, 0.5) is 0 Å². The zero-order valence-corrected chi connectivity index (χ0v) is 37.0. The van der Waals surface area contributed by atoms with Crippen LogP contribution in [0.25, 0.3) is 0 Å². The number of nitrogens with zero attached hydrogens (tertiary/aromatic N) is 4. The molecule has 2 heterocycles. The quantitative estimate of drug-likeness (QED) is 0.0551. The van der Waals surface area contributed by atoms with Crippen LogP contribution in [0.5, 0.6) is 0 Å². The number of carbonyl (C=O) groups excluding carboxylic acids is 7. The predicted octanol–water partition coefficient (Wildman–Crippen LogP) is -0.491. The molecule has 0 spiro atoms. The van der Waals surface area contributed by atoms with Crippen molar-refractivity contribution < 1.29 is 55.6 Å². The number of ketones is 1. The molecule has 1 aliphatic heterocycles. The summed E-state index contributed by atoms with van der Waals surface area (Å²) in [6.45, 7) is 12.9. The lowest BCUT2D eigenvalue weighted by Gasteiger charge is -2.32. The molecule has 340 valence electrons. The van der Waals surface area contributed by atoms with Crippen LogP contribution in [0.2, 0.25) is 0 Å². The molecule has 2 rings (SSSR count). The molecular weight excluding hydrogens is 807 g/mol. The van der Waals surface area contributed by atoms with Gasteiger partial charge in [0.1, 0.15) is 18.3 Å². The van der Waals surface area contributed by atoms with Crippen molar-refractivity contribution in [1.82, 2.24) is 46.5 Å². The number of esters is 1. The average molecular weight is 872 g/mol. The van der Waals surface area contributed by atoms with Gasteiger partial charge in [0.15, 0.2) is 5.60 Å². The molecule has 1 saturated heterocycles. The van der Waals surface area contributed by atoms with Gasteiger partial charge in [-0.05, 0) is 44.4 Å². The molecule has 3 atom stereocenters. The second kappa shape index (κ2) is 25.3. The zero-order chi connectivity index (χ0) is 45.0. The topological polar surface area (TPSA) is 275 Å². The van der Waals surface area contributed by atoms with Crippen LogP contribution in [0, 0.1) is 11.8 Å². The second-order valence-electron chi connectivity index (χ2n) is 15.9. The first-order valence-electron chi connectivity index (χ1n) is 20.4. The van der Waals surface area contributed by atoms with Gasteiger partial charge >= 0.3 is 5.97 Å². The lowest BCUT2D eigenvalue weighted by Crippen LogP contribution is -2.57. The summed E-state index contributed by atoms with van der Waals surface area (Å²) >= 11 is 0. The largest absolute Gasteiger partial charge is 0.449 e. The first-order chi connectivity index (χ1) is 28.1. The highest BCUT2D eigenvalue weighted by atomic mass is 32.2. The van der Waals surface area contributed by atoms with Gasteiger partial charge in [-0.3, -0.25) is 42.6 Å². The van der Waals surface area contributed by atoms with Crippen molar-refractivity contribution in [3.8, 4) is 0 Å². The number of rotatable bonds is 27. The summed E-state index contributed by atoms with van der Waals surface area (Å²) in [5, 5.41) is 21.0. The number of carbonyl (C=O) groups is 7. The van der Waals surface area contributed by atoms with Crippen LogP contribution in [-0.2, 0) is 63.9 Å². The predicted molar refractivity (Wildman–Crippen MR) is 217 cm³/mol. The Morgan fingerprint density at radius 3 is 2.00 bits per heavy atom. The molecule has 60 heavy (non-hydrogen) atoms. The van der Waals surface area contributed by atoms with Gasteiger partial charge in [-0.15, -0.1) is 5.10 Å². The molecule has 5 N–H and O–H groups in total. The lowest BCUT2D eigenvalue weighted by molar-refractivity contribution is -0.170. The van der Waals surface area contributed by atoms with E-state index >= 15 is 0 Å². The van der Waals surface area contributed by atoms with Gasteiger partial charge < -0.3 is 36.1 Å². The van der Waals surface area contributed by atoms with Crippen LogP contribution in [-0.4, -0.2) is 146 Å². The maximum absolute atomic E-state index is 14.1. The Balaban J connectivity index is 2.04. The van der Waals surface area contributed by atoms with Crippen LogP contribution < -0.4 is 26.6 Å². The smallest absolute Gasteiger partial charge is 0.307 e. The Labute approximate surface area is 352 Å². The fourth-order valence-electron chi connectivity index (χ4n) is 6.15. The van der Waals surface area contributed by atoms with Gasteiger partial charge in [0.05, 0.1) is 70.3 Å². The fraction of sp³-hybridized carbons (Fsp3) is 0.763. The van der Waals surface area contributed by atoms with E-state index in [1.54, 1.807) is 24.7 Å². The van der Waals surface area contributed by atoms with Crippen LogP contribution >= 0.6 is 0 Å². The van der Waals surface area contributed by atoms with Crippen LogP contribution in [0.1, 0.15) is 98.7 Å². The third-order valence-electron chi connectivity index (χ3n) is 9.36. The number of hydrogen-bond acceptors (Lipinski definition) is 15. The average Bonchev–Trinajstić information content (AvgIpc) is 3.65. The van der Waals surface area contributed by atoms with Gasteiger partial charge in [0.2, 0.25) is 35.3 Å². The minimum absolute atomic E-state index is 0.0259. The maximum atomic E-state index is 14.1. The number of hydrogen-bond donors (Lipinski definition) is 5. The van der Waals surface area contributed by atoms with Crippen molar-refractivity contribution in [2.75, 3.05) is 58.8 Å². The molecule has 0 aromatic carbocycles. The van der Waals surface area contributed by atoms with E-state index in [0.29, 0.717) is 32.0 Å². The van der Waals surface area contributed by atoms with E-state index < -0.39 is 82.8 Å². The summed E-state index contributed by atoms with van der Waals surface area (Å²) in [6.07, 6.45) is 3.63. The van der Waals surface area contributed by atoms with Crippen molar-refractivity contribution >= 4 is 51.4 Å². The summed E-state index contributed by atoms with van der Waals surface area (Å²) in [4.78, 5) is 93.1. The first kappa shape index (κ1) is 51.6. The number of nitrogens with one attached hydrogen (secondary N) is 5. The summed E-state index contributed by atoms with van der Waals surface area (Å²) in [6, 6.07) is -2.22. The van der Waals surface area contributed by atoms with Gasteiger partial charge in [-0.25, -0.2) is 4.68 Å². The third-order valence-corrected chi connectivity index (χ3v) is 9.91. The molecule has 1 aromatic heterocycles. The SMILES string of the molecule is CCC(CC)n1cc(CNC(=O)CCC(=O)OC(C)(COS(C)(=O)=O)C(=O)[C@H](CC(C)C)NC(=O)CNC(=O)[C@H](CC(C)C)NC(=O)CNC(=O)CN2CCOCC2)nn1. The van der Waals surface area contributed by atoms with Gasteiger partial charge in [0, 0.05) is 19.5 Å². The molecule has 0 aliphatic carbocycles. The Morgan fingerprint density at radius 1 is 0.833 bits per heavy atom. The molecule has 1 unspecified atom stereocenters. The highest BCUT2D eigenvalue weighted by Gasteiger charge is 2.43. The second-order valence-corrected chi connectivity index (χ2v) is 17.5. The standard InChI is InChI=1S/C38H65N9O12S/c1-9-28(10-2)47-22-27(44-45-47)19-39-31(48)11-12-35(52)59-38(7,24-58-60(8,55)56)36(53)29(17-25(3)4)42-33(50)21-41-37(54)30(18-26(5)6)43-32(49)20-40-34(51)23-46-13-15-57-16-14-46/h22,25-26,28-30H,9-21,23-24H2,1-8H3,(H,39,48)(H,40,51)(H,41,54)(H,42,50)(H,43,49)/t29-,30-,38?/m0/s1. The molecule has 0 saturated carbocycles. The fourth-order valence-corrected chi connectivity index (χ4v) is 6.59. The van der Waals surface area contributed by atoms with Crippen molar-refractivity contribution in [3.05, 3.63) is 11.9 Å². The first-order valence-corrected chi connectivity index (χ1v) is 22.2. The van der Waals surface area contributed by atoms with Gasteiger partial charge in [-0.2, -0.15) is 8.42 Å². The molecule has 1 fully saturated rings.